The molecule has 0 unspecified atom stereocenters. The maximum atomic E-state index is 4.97. The van der Waals surface area contributed by atoms with E-state index in [9.17, 15) is 0 Å². The van der Waals surface area contributed by atoms with Crippen molar-refractivity contribution in [2.45, 2.75) is 39.0 Å². The van der Waals surface area contributed by atoms with E-state index in [2.05, 4.69) is 76.0 Å². The zero-order valence-electron chi connectivity index (χ0n) is 14.1. The van der Waals surface area contributed by atoms with Crippen molar-refractivity contribution in [1.29, 1.82) is 0 Å². The quantitative estimate of drug-likeness (QED) is 0.430. The third kappa shape index (κ3) is 3.78. The molecule has 0 radical (unpaired) electrons. The van der Waals surface area contributed by atoms with Crippen LogP contribution in [0.2, 0.25) is 0 Å². The van der Waals surface area contributed by atoms with Gasteiger partial charge >= 0.3 is 0 Å². The predicted octanol–water partition coefficient (Wildman–Crippen LogP) is 6.42. The summed E-state index contributed by atoms with van der Waals surface area (Å²) in [7, 11) is 0. The van der Waals surface area contributed by atoms with E-state index in [1.807, 2.05) is 12.1 Å². The normalized spacial score (nSPS) is 10.9. The molecule has 3 aromatic rings. The van der Waals surface area contributed by atoms with Crippen molar-refractivity contribution in [2.75, 3.05) is 0 Å². The number of hydrogen-bond acceptors (Lipinski definition) is 1. The van der Waals surface area contributed by atoms with Crippen LogP contribution < -0.4 is 0 Å². The van der Waals surface area contributed by atoms with E-state index in [0.717, 1.165) is 33.8 Å². The third-order valence-corrected chi connectivity index (χ3v) is 5.01. The van der Waals surface area contributed by atoms with E-state index < -0.39 is 0 Å². The Kier molecular flexibility index (Phi) is 5.86. The highest BCUT2D eigenvalue weighted by molar-refractivity contribution is 9.10. The molecule has 124 valence electrons. The van der Waals surface area contributed by atoms with Crippen LogP contribution in [-0.4, -0.2) is 9.55 Å². The van der Waals surface area contributed by atoms with Gasteiger partial charge in [-0.2, -0.15) is 0 Å². The predicted molar refractivity (Wildman–Crippen MR) is 105 cm³/mol. The van der Waals surface area contributed by atoms with Gasteiger partial charge in [0.05, 0.1) is 5.69 Å². The largest absolute Gasteiger partial charge is 0.287 e. The first kappa shape index (κ1) is 17.0. The number of halogens is 1. The number of rotatable bonds is 7. The number of aromatic nitrogens is 2. The zero-order chi connectivity index (χ0) is 16.8. The van der Waals surface area contributed by atoms with Gasteiger partial charge in [0.25, 0.3) is 0 Å². The molecule has 1 heterocycles. The lowest BCUT2D eigenvalue weighted by Crippen LogP contribution is -1.97. The molecule has 0 saturated carbocycles. The van der Waals surface area contributed by atoms with Crippen LogP contribution in [0.4, 0.5) is 0 Å². The number of imidazole rings is 1. The molecule has 0 bridgehead atoms. The molecule has 0 fully saturated rings. The van der Waals surface area contributed by atoms with Crippen LogP contribution in [-0.2, 0) is 6.42 Å². The molecule has 0 spiro atoms. The van der Waals surface area contributed by atoms with E-state index in [0.29, 0.717) is 0 Å². The minimum absolute atomic E-state index is 0.999. The molecule has 0 amide bonds. The van der Waals surface area contributed by atoms with Crippen LogP contribution in [0.5, 0.6) is 0 Å². The van der Waals surface area contributed by atoms with Gasteiger partial charge in [-0.3, -0.25) is 4.57 Å². The molecule has 0 atom stereocenters. The number of unbranched alkanes of at least 4 members (excludes halogenated alkanes) is 3. The fraction of sp³-hybridized carbons (Fsp3) is 0.286. The number of aryl methyl sites for hydroxylation is 1. The average Bonchev–Trinajstić information content (AvgIpc) is 2.97. The standard InChI is InChI=1S/C21H23BrN2/c1-2-3-4-11-16-19-20(22)24(18-14-9-6-10-15-18)21(23-19)17-12-7-5-8-13-17/h5-10,12-15H,2-4,11,16H2,1H3. The van der Waals surface area contributed by atoms with Crippen LogP contribution in [0.1, 0.15) is 38.3 Å². The number of nitrogens with zero attached hydrogens (tertiary/aromatic N) is 2. The first-order valence-corrected chi connectivity index (χ1v) is 9.48. The van der Waals surface area contributed by atoms with Crippen molar-refractivity contribution in [3.63, 3.8) is 0 Å². The first-order valence-electron chi connectivity index (χ1n) is 8.69. The summed E-state index contributed by atoms with van der Waals surface area (Å²) in [6.07, 6.45) is 6.02. The lowest BCUT2D eigenvalue weighted by atomic mass is 10.1. The molecule has 24 heavy (non-hydrogen) atoms. The van der Waals surface area contributed by atoms with E-state index in [4.69, 9.17) is 4.98 Å². The highest BCUT2D eigenvalue weighted by Gasteiger charge is 2.17. The van der Waals surface area contributed by atoms with Crippen molar-refractivity contribution in [2.24, 2.45) is 0 Å². The molecule has 0 aliphatic rings. The van der Waals surface area contributed by atoms with Crippen LogP contribution in [0.25, 0.3) is 17.1 Å². The van der Waals surface area contributed by atoms with Crippen LogP contribution in [0.3, 0.4) is 0 Å². The van der Waals surface area contributed by atoms with Crippen molar-refractivity contribution < 1.29 is 0 Å². The van der Waals surface area contributed by atoms with Gasteiger partial charge in [0.1, 0.15) is 10.4 Å². The smallest absolute Gasteiger partial charge is 0.145 e. The Morgan fingerprint density at radius 2 is 1.54 bits per heavy atom. The van der Waals surface area contributed by atoms with Crippen LogP contribution >= 0.6 is 15.9 Å². The highest BCUT2D eigenvalue weighted by atomic mass is 79.9. The zero-order valence-corrected chi connectivity index (χ0v) is 15.7. The minimum atomic E-state index is 0.999. The monoisotopic (exact) mass is 382 g/mol. The van der Waals surface area contributed by atoms with E-state index in [1.54, 1.807) is 0 Å². The Balaban J connectivity index is 2.00. The van der Waals surface area contributed by atoms with Gasteiger partial charge in [-0.25, -0.2) is 4.98 Å². The van der Waals surface area contributed by atoms with E-state index >= 15 is 0 Å². The summed E-state index contributed by atoms with van der Waals surface area (Å²) in [6.45, 7) is 2.24. The fourth-order valence-electron chi connectivity index (χ4n) is 2.92. The van der Waals surface area contributed by atoms with Crippen molar-refractivity contribution >= 4 is 15.9 Å². The molecular weight excluding hydrogens is 360 g/mol. The minimum Gasteiger partial charge on any atom is -0.287 e. The molecular formula is C21H23BrN2. The molecule has 1 aromatic heterocycles. The lowest BCUT2D eigenvalue weighted by Gasteiger charge is -2.09. The van der Waals surface area contributed by atoms with Crippen LogP contribution in [0, 0.1) is 0 Å². The maximum absolute atomic E-state index is 4.97. The van der Waals surface area contributed by atoms with Gasteiger partial charge in [0, 0.05) is 11.3 Å². The average molecular weight is 383 g/mol. The Hall–Kier alpha value is -1.87. The van der Waals surface area contributed by atoms with E-state index in [1.165, 1.54) is 25.7 Å². The molecule has 2 aromatic carbocycles. The summed E-state index contributed by atoms with van der Waals surface area (Å²) in [4.78, 5) is 4.97. The topological polar surface area (TPSA) is 17.8 Å². The Morgan fingerprint density at radius 3 is 2.21 bits per heavy atom. The Labute approximate surface area is 152 Å². The summed E-state index contributed by atoms with van der Waals surface area (Å²) in [5.41, 5.74) is 3.42. The molecule has 0 aliphatic heterocycles. The number of hydrogen-bond donors (Lipinski definition) is 0. The second kappa shape index (κ2) is 8.29. The Bertz CT molecular complexity index is 763. The fourth-order valence-corrected chi connectivity index (χ4v) is 3.58. The molecule has 2 nitrogen and oxygen atoms in total. The summed E-state index contributed by atoms with van der Waals surface area (Å²) in [5.74, 6) is 0.999. The molecule has 3 rings (SSSR count). The molecule has 0 aliphatic carbocycles. The van der Waals surface area contributed by atoms with Crippen molar-refractivity contribution in [3.8, 4) is 17.1 Å². The van der Waals surface area contributed by atoms with Gasteiger partial charge in [0.2, 0.25) is 0 Å². The van der Waals surface area contributed by atoms with Gasteiger partial charge in [0.15, 0.2) is 0 Å². The SMILES string of the molecule is CCCCCCc1nc(-c2ccccc2)n(-c2ccccc2)c1Br. The third-order valence-electron chi connectivity index (χ3n) is 4.20. The molecule has 0 saturated heterocycles. The number of para-hydroxylation sites is 1. The molecule has 0 N–H and O–H groups in total. The van der Waals surface area contributed by atoms with Crippen molar-refractivity contribution in [3.05, 3.63) is 71.0 Å². The first-order chi connectivity index (χ1) is 11.8. The second-order valence-corrected chi connectivity index (χ2v) is 6.77. The summed E-state index contributed by atoms with van der Waals surface area (Å²) in [5, 5.41) is 0. The summed E-state index contributed by atoms with van der Waals surface area (Å²) >= 11 is 3.81. The summed E-state index contributed by atoms with van der Waals surface area (Å²) in [6, 6.07) is 20.8. The lowest BCUT2D eigenvalue weighted by molar-refractivity contribution is 0.660. The van der Waals surface area contributed by atoms with Gasteiger partial charge in [-0.05, 0) is 40.9 Å². The van der Waals surface area contributed by atoms with Gasteiger partial charge in [-0.1, -0.05) is 74.7 Å². The summed E-state index contributed by atoms with van der Waals surface area (Å²) < 4.78 is 3.29. The maximum Gasteiger partial charge on any atom is 0.145 e. The van der Waals surface area contributed by atoms with Crippen molar-refractivity contribution in [1.82, 2.24) is 9.55 Å². The molecule has 3 heteroatoms. The second-order valence-electron chi connectivity index (χ2n) is 6.02. The van der Waals surface area contributed by atoms with Gasteiger partial charge in [-0.15, -0.1) is 0 Å². The van der Waals surface area contributed by atoms with Gasteiger partial charge < -0.3 is 0 Å². The van der Waals surface area contributed by atoms with Crippen LogP contribution in [0.15, 0.2) is 65.3 Å². The number of benzene rings is 2. The Morgan fingerprint density at radius 1 is 0.875 bits per heavy atom. The highest BCUT2D eigenvalue weighted by Crippen LogP contribution is 2.31. The van der Waals surface area contributed by atoms with E-state index in [-0.39, 0.29) is 0 Å².